The number of hydrogen-bond donors (Lipinski definition) is 2. The predicted molar refractivity (Wildman–Crippen MR) is 112 cm³/mol. The van der Waals surface area contributed by atoms with Crippen LogP contribution in [-0.4, -0.2) is 18.4 Å². The lowest BCUT2D eigenvalue weighted by molar-refractivity contribution is -0.129. The van der Waals surface area contributed by atoms with Crippen molar-refractivity contribution >= 4 is 11.8 Å². The highest BCUT2D eigenvalue weighted by Gasteiger charge is 2.25. The number of halogens is 1. The van der Waals surface area contributed by atoms with Gasteiger partial charge in [-0.25, -0.2) is 4.39 Å². The first-order valence-electron chi connectivity index (χ1n) is 9.61. The van der Waals surface area contributed by atoms with Crippen molar-refractivity contribution in [3.63, 3.8) is 0 Å². The zero-order valence-corrected chi connectivity index (χ0v) is 16.3. The molecule has 0 bridgehead atoms. The van der Waals surface area contributed by atoms with Gasteiger partial charge in [-0.2, -0.15) is 0 Å². The molecule has 30 heavy (non-hydrogen) atoms. The quantitative estimate of drug-likeness (QED) is 0.571. The van der Waals surface area contributed by atoms with E-state index < -0.39 is 17.9 Å². The molecule has 0 aliphatic rings. The number of nitrogens with two attached hydrogens (primary N) is 1. The number of para-hydroxylation sites is 1. The lowest BCUT2D eigenvalue weighted by Crippen LogP contribution is -2.40. The first-order valence-corrected chi connectivity index (χ1v) is 9.61. The van der Waals surface area contributed by atoms with E-state index in [4.69, 9.17) is 10.5 Å². The minimum absolute atomic E-state index is 0.0486. The maximum atomic E-state index is 13.1. The first kappa shape index (κ1) is 21.0. The van der Waals surface area contributed by atoms with Crippen LogP contribution < -0.4 is 15.8 Å². The minimum Gasteiger partial charge on any atom is -0.476 e. The van der Waals surface area contributed by atoms with E-state index in [9.17, 15) is 14.0 Å². The molecule has 2 atom stereocenters. The van der Waals surface area contributed by atoms with Crippen molar-refractivity contribution in [2.45, 2.75) is 12.5 Å². The summed E-state index contributed by atoms with van der Waals surface area (Å²) in [5.41, 5.74) is 6.96. The molecule has 3 aromatic carbocycles. The topological polar surface area (TPSA) is 81.4 Å². The summed E-state index contributed by atoms with van der Waals surface area (Å²) < 4.78 is 19.0. The van der Waals surface area contributed by atoms with Crippen molar-refractivity contribution in [1.29, 1.82) is 0 Å². The van der Waals surface area contributed by atoms with Crippen LogP contribution in [0.5, 0.6) is 5.75 Å². The second-order valence-corrected chi connectivity index (χ2v) is 6.90. The summed E-state index contributed by atoms with van der Waals surface area (Å²) in [5.74, 6) is -1.35. The van der Waals surface area contributed by atoms with E-state index in [1.807, 2.05) is 36.4 Å². The number of carbonyl (C=O) groups excluding carboxylic acids is 2. The first-order chi connectivity index (χ1) is 14.5. The highest BCUT2D eigenvalue weighted by Crippen LogP contribution is 2.22. The molecule has 2 unspecified atom stereocenters. The molecule has 3 aromatic rings. The van der Waals surface area contributed by atoms with Gasteiger partial charge in [0.25, 0.3) is 5.91 Å². The Morgan fingerprint density at radius 2 is 1.50 bits per heavy atom. The third-order valence-corrected chi connectivity index (χ3v) is 4.66. The number of nitrogens with one attached hydrogen (secondary N) is 1. The van der Waals surface area contributed by atoms with Crippen LogP contribution in [0.4, 0.5) is 4.39 Å². The largest absolute Gasteiger partial charge is 0.476 e. The summed E-state index contributed by atoms with van der Waals surface area (Å²) in [6.07, 6.45) is -0.584. The molecule has 0 radical (unpaired) electrons. The summed E-state index contributed by atoms with van der Waals surface area (Å²) in [4.78, 5) is 24.8. The summed E-state index contributed by atoms with van der Waals surface area (Å²) in [7, 11) is 0. The zero-order valence-electron chi connectivity index (χ0n) is 16.3. The fourth-order valence-corrected chi connectivity index (χ4v) is 3.03. The molecule has 154 valence electrons. The van der Waals surface area contributed by atoms with Crippen LogP contribution in [0, 0.1) is 11.7 Å². The second kappa shape index (κ2) is 10.2. The second-order valence-electron chi connectivity index (χ2n) is 6.90. The number of amides is 2. The van der Waals surface area contributed by atoms with Gasteiger partial charge >= 0.3 is 0 Å². The Bertz CT molecular complexity index is 963. The van der Waals surface area contributed by atoms with Crippen LogP contribution in [0.2, 0.25) is 0 Å². The number of benzene rings is 3. The molecule has 3 rings (SSSR count). The van der Waals surface area contributed by atoms with Gasteiger partial charge in [0.1, 0.15) is 11.6 Å². The predicted octanol–water partition coefficient (Wildman–Crippen LogP) is 3.41. The maximum absolute atomic E-state index is 13.1. The van der Waals surface area contributed by atoms with Gasteiger partial charge in [0, 0.05) is 12.1 Å². The highest BCUT2D eigenvalue weighted by atomic mass is 19.1. The molecular weight excluding hydrogens is 383 g/mol. The van der Waals surface area contributed by atoms with Crippen LogP contribution in [0.25, 0.3) is 0 Å². The molecule has 0 saturated heterocycles. The summed E-state index contributed by atoms with van der Waals surface area (Å²) >= 11 is 0. The highest BCUT2D eigenvalue weighted by molar-refractivity contribution is 5.84. The number of rotatable bonds is 9. The van der Waals surface area contributed by atoms with Crippen molar-refractivity contribution in [3.05, 3.63) is 102 Å². The summed E-state index contributed by atoms with van der Waals surface area (Å²) in [6, 6.07) is 24.0. The van der Waals surface area contributed by atoms with Gasteiger partial charge < -0.3 is 15.8 Å². The molecule has 6 heteroatoms. The van der Waals surface area contributed by atoms with E-state index in [-0.39, 0.29) is 18.3 Å². The van der Waals surface area contributed by atoms with Crippen molar-refractivity contribution < 1.29 is 18.7 Å². The molecule has 0 fully saturated rings. The summed E-state index contributed by atoms with van der Waals surface area (Å²) in [5, 5.41) is 2.78. The van der Waals surface area contributed by atoms with Crippen molar-refractivity contribution in [1.82, 2.24) is 5.32 Å². The molecule has 0 heterocycles. The van der Waals surface area contributed by atoms with E-state index >= 15 is 0 Å². The van der Waals surface area contributed by atoms with E-state index in [0.717, 1.165) is 5.56 Å². The van der Waals surface area contributed by atoms with E-state index in [1.165, 1.54) is 12.1 Å². The third kappa shape index (κ3) is 5.91. The lowest BCUT2D eigenvalue weighted by Gasteiger charge is -2.21. The normalized spacial score (nSPS) is 12.6. The molecule has 0 saturated carbocycles. The Labute approximate surface area is 174 Å². The molecule has 5 nitrogen and oxygen atoms in total. The number of ether oxygens (including phenoxy) is 1. The van der Waals surface area contributed by atoms with Crippen LogP contribution in [0.15, 0.2) is 84.9 Å². The lowest BCUT2D eigenvalue weighted by atomic mass is 9.98. The standard InChI is InChI=1S/C24H23FN2O3/c25-20-13-11-17(12-14-20)15-19(23(26)28)16-27-24(29)22(18-7-3-1-4-8-18)30-21-9-5-2-6-10-21/h1-14,19,22H,15-16H2,(H2,26,28)(H,27,29). The average molecular weight is 406 g/mol. The van der Waals surface area contributed by atoms with Crippen LogP contribution >= 0.6 is 0 Å². The van der Waals surface area contributed by atoms with Gasteiger partial charge in [-0.15, -0.1) is 0 Å². The molecule has 0 spiro atoms. The van der Waals surface area contributed by atoms with Gasteiger partial charge in [-0.1, -0.05) is 60.7 Å². The maximum Gasteiger partial charge on any atom is 0.265 e. The fourth-order valence-electron chi connectivity index (χ4n) is 3.03. The molecule has 0 aliphatic carbocycles. The Balaban J connectivity index is 1.70. The Kier molecular flexibility index (Phi) is 7.16. The van der Waals surface area contributed by atoms with Crippen molar-refractivity contribution in [3.8, 4) is 5.75 Å². The molecule has 2 amide bonds. The Hall–Kier alpha value is -3.67. The molecular formula is C24H23FN2O3. The van der Waals surface area contributed by atoms with Gasteiger partial charge in [0.2, 0.25) is 12.0 Å². The Morgan fingerprint density at radius 3 is 2.10 bits per heavy atom. The Morgan fingerprint density at radius 1 is 0.900 bits per heavy atom. The zero-order chi connectivity index (χ0) is 21.3. The van der Waals surface area contributed by atoms with Gasteiger partial charge in [-0.05, 0) is 36.2 Å². The van der Waals surface area contributed by atoms with E-state index in [2.05, 4.69) is 5.32 Å². The van der Waals surface area contributed by atoms with Gasteiger partial charge in [0.05, 0.1) is 5.92 Å². The minimum atomic E-state index is -0.882. The van der Waals surface area contributed by atoms with Crippen LogP contribution in [-0.2, 0) is 16.0 Å². The van der Waals surface area contributed by atoms with Crippen molar-refractivity contribution in [2.24, 2.45) is 11.7 Å². The van der Waals surface area contributed by atoms with Gasteiger partial charge in [0.15, 0.2) is 0 Å². The number of primary amides is 1. The number of hydrogen-bond acceptors (Lipinski definition) is 3. The smallest absolute Gasteiger partial charge is 0.265 e. The average Bonchev–Trinajstić information content (AvgIpc) is 2.77. The monoisotopic (exact) mass is 406 g/mol. The molecule has 0 aliphatic heterocycles. The molecule has 3 N–H and O–H groups in total. The van der Waals surface area contributed by atoms with E-state index in [0.29, 0.717) is 17.7 Å². The fraction of sp³-hybridized carbons (Fsp3) is 0.167. The molecule has 0 aromatic heterocycles. The SMILES string of the molecule is NC(=O)C(CNC(=O)C(Oc1ccccc1)c1ccccc1)Cc1ccc(F)cc1. The van der Waals surface area contributed by atoms with Crippen molar-refractivity contribution in [2.75, 3.05) is 6.54 Å². The van der Waals surface area contributed by atoms with E-state index in [1.54, 1.807) is 36.4 Å². The van der Waals surface area contributed by atoms with Crippen LogP contribution in [0.1, 0.15) is 17.2 Å². The summed E-state index contributed by atoms with van der Waals surface area (Å²) in [6.45, 7) is 0.0486. The van der Waals surface area contributed by atoms with Crippen LogP contribution in [0.3, 0.4) is 0 Å². The third-order valence-electron chi connectivity index (χ3n) is 4.66. The number of carbonyl (C=O) groups is 2. The van der Waals surface area contributed by atoms with Gasteiger partial charge in [-0.3, -0.25) is 9.59 Å².